The highest BCUT2D eigenvalue weighted by atomic mass is 32.2. The fourth-order valence-electron chi connectivity index (χ4n) is 3.82. The molecular formula is C23H24N2O4S. The van der Waals surface area contributed by atoms with Crippen LogP contribution in [-0.2, 0) is 21.1 Å². The number of hydrogen-bond donors (Lipinski definition) is 0. The van der Waals surface area contributed by atoms with Crippen molar-refractivity contribution in [2.24, 2.45) is 0 Å². The van der Waals surface area contributed by atoms with Gasteiger partial charge in [-0.1, -0.05) is 35.5 Å². The van der Waals surface area contributed by atoms with Crippen molar-refractivity contribution in [3.8, 4) is 11.3 Å². The minimum atomic E-state index is -3.64. The second-order valence-corrected chi connectivity index (χ2v) is 9.77. The van der Waals surface area contributed by atoms with E-state index in [1.807, 2.05) is 44.2 Å². The molecule has 7 heteroatoms. The smallest absolute Gasteiger partial charge is 0.228 e. The maximum atomic E-state index is 13.1. The quantitative estimate of drug-likeness (QED) is 0.618. The SMILES string of the molecule is Cc1ccc(-c2onc(C)c2C)cc1S(=O)(=O)CCC(=O)N1CCc2ccccc21. The Kier molecular flexibility index (Phi) is 5.24. The van der Waals surface area contributed by atoms with Crippen LogP contribution >= 0.6 is 0 Å². The second-order valence-electron chi connectivity index (χ2n) is 7.70. The first-order valence-electron chi connectivity index (χ1n) is 9.93. The summed E-state index contributed by atoms with van der Waals surface area (Å²) >= 11 is 0. The summed E-state index contributed by atoms with van der Waals surface area (Å²) in [7, 11) is -3.64. The Labute approximate surface area is 176 Å². The molecule has 0 fully saturated rings. The minimum Gasteiger partial charge on any atom is -0.356 e. The zero-order chi connectivity index (χ0) is 21.5. The number of hydrogen-bond acceptors (Lipinski definition) is 5. The Bertz CT molecular complexity index is 1230. The zero-order valence-electron chi connectivity index (χ0n) is 17.3. The third-order valence-corrected chi connectivity index (χ3v) is 7.57. The minimum absolute atomic E-state index is 0.0548. The number of nitrogens with zero attached hydrogens (tertiary/aromatic N) is 2. The van der Waals surface area contributed by atoms with Crippen LogP contribution in [0.15, 0.2) is 51.9 Å². The molecule has 0 saturated carbocycles. The molecule has 30 heavy (non-hydrogen) atoms. The second kappa shape index (κ2) is 7.72. The molecule has 1 amide bonds. The van der Waals surface area contributed by atoms with Crippen molar-refractivity contribution >= 4 is 21.4 Å². The van der Waals surface area contributed by atoms with Gasteiger partial charge in [-0.15, -0.1) is 0 Å². The van der Waals surface area contributed by atoms with Gasteiger partial charge in [0.15, 0.2) is 15.6 Å². The van der Waals surface area contributed by atoms with Crippen LogP contribution in [0.4, 0.5) is 5.69 Å². The molecule has 0 unspecified atom stereocenters. The Morgan fingerprint density at radius 1 is 1.13 bits per heavy atom. The van der Waals surface area contributed by atoms with Crippen LogP contribution in [0.3, 0.4) is 0 Å². The van der Waals surface area contributed by atoms with Crippen LogP contribution < -0.4 is 4.90 Å². The molecule has 156 valence electrons. The van der Waals surface area contributed by atoms with Crippen LogP contribution in [0.2, 0.25) is 0 Å². The number of benzene rings is 2. The van der Waals surface area contributed by atoms with E-state index < -0.39 is 9.84 Å². The number of aryl methyl sites for hydroxylation is 2. The number of aromatic nitrogens is 1. The Morgan fingerprint density at radius 3 is 2.63 bits per heavy atom. The highest BCUT2D eigenvalue weighted by molar-refractivity contribution is 7.91. The van der Waals surface area contributed by atoms with Crippen LogP contribution in [-0.4, -0.2) is 31.8 Å². The lowest BCUT2D eigenvalue weighted by Gasteiger charge is -2.17. The molecule has 4 rings (SSSR count). The molecule has 0 bridgehead atoms. The average molecular weight is 425 g/mol. The van der Waals surface area contributed by atoms with Crippen LogP contribution in [0.5, 0.6) is 0 Å². The third-order valence-electron chi connectivity index (χ3n) is 5.72. The molecule has 0 atom stereocenters. The van der Waals surface area contributed by atoms with E-state index in [1.54, 1.807) is 24.0 Å². The summed E-state index contributed by atoms with van der Waals surface area (Å²) in [5.41, 5.74) is 4.96. The molecule has 1 aliphatic heterocycles. The fourth-order valence-corrected chi connectivity index (χ4v) is 5.35. The van der Waals surface area contributed by atoms with E-state index in [0.717, 1.165) is 28.9 Å². The van der Waals surface area contributed by atoms with Gasteiger partial charge in [-0.3, -0.25) is 4.79 Å². The third kappa shape index (κ3) is 3.65. The van der Waals surface area contributed by atoms with Gasteiger partial charge in [0.05, 0.1) is 16.3 Å². The summed E-state index contributed by atoms with van der Waals surface area (Å²) in [5, 5.41) is 3.95. The first-order valence-corrected chi connectivity index (χ1v) is 11.6. The molecule has 1 aliphatic rings. The molecular weight excluding hydrogens is 400 g/mol. The van der Waals surface area contributed by atoms with Gasteiger partial charge in [-0.25, -0.2) is 8.42 Å². The van der Waals surface area contributed by atoms with Crippen molar-refractivity contribution in [2.45, 2.75) is 38.5 Å². The van der Waals surface area contributed by atoms with Crippen LogP contribution in [0, 0.1) is 20.8 Å². The van der Waals surface area contributed by atoms with E-state index in [0.29, 0.717) is 23.4 Å². The summed E-state index contributed by atoms with van der Waals surface area (Å²) < 4.78 is 31.5. The Morgan fingerprint density at radius 2 is 1.90 bits per heavy atom. The Hall–Kier alpha value is -2.93. The predicted molar refractivity (Wildman–Crippen MR) is 115 cm³/mol. The van der Waals surface area contributed by atoms with E-state index in [9.17, 15) is 13.2 Å². The number of sulfone groups is 1. The highest BCUT2D eigenvalue weighted by Gasteiger charge is 2.27. The molecule has 0 spiro atoms. The number of amides is 1. The van der Waals surface area contributed by atoms with Gasteiger partial charge in [0, 0.05) is 29.8 Å². The van der Waals surface area contributed by atoms with Crippen molar-refractivity contribution in [1.82, 2.24) is 5.16 Å². The molecule has 0 N–H and O–H groups in total. The van der Waals surface area contributed by atoms with Gasteiger partial charge in [-0.05, 0) is 50.5 Å². The lowest BCUT2D eigenvalue weighted by atomic mass is 10.1. The number of rotatable bonds is 5. The standard InChI is InChI=1S/C23H24N2O4S/c1-15-8-9-19(23-16(2)17(3)24-29-23)14-21(15)30(27,28)13-11-22(26)25-12-10-18-6-4-5-7-20(18)25/h4-9,14H,10-13H2,1-3H3. The lowest BCUT2D eigenvalue weighted by molar-refractivity contribution is -0.118. The summed E-state index contributed by atoms with van der Waals surface area (Å²) in [5.74, 6) is 0.163. The molecule has 0 saturated heterocycles. The van der Waals surface area contributed by atoms with E-state index >= 15 is 0 Å². The van der Waals surface area contributed by atoms with Gasteiger partial charge < -0.3 is 9.42 Å². The molecule has 0 radical (unpaired) electrons. The van der Waals surface area contributed by atoms with E-state index in [-0.39, 0.29) is 23.0 Å². The first-order chi connectivity index (χ1) is 14.3. The number of carbonyl (C=O) groups is 1. The zero-order valence-corrected chi connectivity index (χ0v) is 18.1. The summed E-state index contributed by atoms with van der Waals surface area (Å²) in [6.07, 6.45) is 0.743. The monoisotopic (exact) mass is 424 g/mol. The fraction of sp³-hybridized carbons (Fsp3) is 0.304. The van der Waals surface area contributed by atoms with E-state index in [4.69, 9.17) is 4.52 Å². The maximum Gasteiger partial charge on any atom is 0.228 e. The van der Waals surface area contributed by atoms with Crippen LogP contribution in [0.25, 0.3) is 11.3 Å². The van der Waals surface area contributed by atoms with Crippen molar-refractivity contribution in [2.75, 3.05) is 17.2 Å². The number of fused-ring (bicyclic) bond motifs is 1. The van der Waals surface area contributed by atoms with Gasteiger partial charge >= 0.3 is 0 Å². The topological polar surface area (TPSA) is 80.5 Å². The predicted octanol–water partition coefficient (Wildman–Crippen LogP) is 4.02. The molecule has 2 aromatic carbocycles. The van der Waals surface area contributed by atoms with Crippen molar-refractivity contribution in [3.05, 3.63) is 64.8 Å². The van der Waals surface area contributed by atoms with Gasteiger partial charge in [0.2, 0.25) is 5.91 Å². The lowest BCUT2D eigenvalue weighted by Crippen LogP contribution is -2.30. The van der Waals surface area contributed by atoms with Crippen LogP contribution in [0.1, 0.15) is 28.8 Å². The average Bonchev–Trinajstić information content (AvgIpc) is 3.30. The number of para-hydroxylation sites is 1. The van der Waals surface area contributed by atoms with Gasteiger partial charge in [0.25, 0.3) is 0 Å². The summed E-state index contributed by atoms with van der Waals surface area (Å²) in [4.78, 5) is 14.7. The molecule has 6 nitrogen and oxygen atoms in total. The highest BCUT2D eigenvalue weighted by Crippen LogP contribution is 2.31. The van der Waals surface area contributed by atoms with E-state index in [1.165, 1.54) is 0 Å². The van der Waals surface area contributed by atoms with E-state index in [2.05, 4.69) is 5.16 Å². The number of carbonyl (C=O) groups excluding carboxylic acids is 1. The Balaban J connectivity index is 1.55. The summed E-state index contributed by atoms with van der Waals surface area (Å²) in [6, 6.07) is 13.0. The normalized spacial score (nSPS) is 13.5. The van der Waals surface area contributed by atoms with Crippen molar-refractivity contribution < 1.29 is 17.7 Å². The van der Waals surface area contributed by atoms with Gasteiger partial charge in [0.1, 0.15) is 0 Å². The van der Waals surface area contributed by atoms with Crippen molar-refractivity contribution in [3.63, 3.8) is 0 Å². The summed E-state index contributed by atoms with van der Waals surface area (Å²) in [6.45, 7) is 6.09. The number of anilines is 1. The molecule has 1 aromatic heterocycles. The van der Waals surface area contributed by atoms with Crippen molar-refractivity contribution in [1.29, 1.82) is 0 Å². The largest absolute Gasteiger partial charge is 0.356 e. The first kappa shape index (κ1) is 20.3. The molecule has 3 aromatic rings. The maximum absolute atomic E-state index is 13.1. The molecule has 2 heterocycles. The molecule has 0 aliphatic carbocycles. The van der Waals surface area contributed by atoms with Gasteiger partial charge in [-0.2, -0.15) is 0 Å².